The predicted octanol–water partition coefficient (Wildman–Crippen LogP) is 1.58. The number of nitriles is 1. The van der Waals surface area contributed by atoms with Crippen molar-refractivity contribution in [2.24, 2.45) is 5.73 Å². The van der Waals surface area contributed by atoms with E-state index in [1.54, 1.807) is 13.8 Å². The highest BCUT2D eigenvalue weighted by molar-refractivity contribution is 5.51. The molecule has 0 aromatic heterocycles. The summed E-state index contributed by atoms with van der Waals surface area (Å²) in [5.41, 5.74) is 5.13. The van der Waals surface area contributed by atoms with E-state index >= 15 is 0 Å². The van der Waals surface area contributed by atoms with E-state index in [0.29, 0.717) is 0 Å². The Kier molecular flexibility index (Phi) is 3.66. The molecule has 0 atom stereocenters. The lowest BCUT2D eigenvalue weighted by Crippen LogP contribution is -2.38. The average Bonchev–Trinajstić information content (AvgIpc) is 2.25. The van der Waals surface area contributed by atoms with E-state index in [2.05, 4.69) is 0 Å². The highest BCUT2D eigenvalue weighted by atomic mass is 16.6. The molecule has 0 spiro atoms. The number of nitrogens with zero attached hydrogens (tertiary/aromatic N) is 2. The first-order valence-electron chi connectivity index (χ1n) is 4.94. The van der Waals surface area contributed by atoms with Gasteiger partial charge in [0.15, 0.2) is 5.75 Å². The second-order valence-electron chi connectivity index (χ2n) is 4.33. The zero-order valence-corrected chi connectivity index (χ0v) is 9.64. The second kappa shape index (κ2) is 4.80. The maximum atomic E-state index is 10.8. The van der Waals surface area contributed by atoms with Crippen molar-refractivity contribution < 1.29 is 9.66 Å². The van der Waals surface area contributed by atoms with Crippen LogP contribution in [0.1, 0.15) is 19.4 Å². The van der Waals surface area contributed by atoms with E-state index in [1.165, 1.54) is 18.2 Å². The Morgan fingerprint density at radius 1 is 1.59 bits per heavy atom. The van der Waals surface area contributed by atoms with Crippen molar-refractivity contribution in [1.82, 2.24) is 0 Å². The zero-order valence-electron chi connectivity index (χ0n) is 9.64. The molecule has 1 aromatic carbocycles. The normalized spacial score (nSPS) is 10.7. The topological polar surface area (TPSA) is 102 Å². The highest BCUT2D eigenvalue weighted by Crippen LogP contribution is 2.28. The number of nitro benzene ring substituents is 1. The van der Waals surface area contributed by atoms with E-state index in [-0.39, 0.29) is 23.6 Å². The van der Waals surface area contributed by atoms with Crippen molar-refractivity contribution in [1.29, 1.82) is 5.26 Å². The van der Waals surface area contributed by atoms with Crippen LogP contribution in [0.5, 0.6) is 5.75 Å². The number of nitrogens with two attached hydrogens (primary N) is 1. The van der Waals surface area contributed by atoms with Crippen LogP contribution in [0, 0.1) is 21.4 Å². The van der Waals surface area contributed by atoms with Crippen molar-refractivity contribution in [3.63, 3.8) is 0 Å². The molecule has 0 saturated carbocycles. The molecule has 0 radical (unpaired) electrons. The second-order valence-corrected chi connectivity index (χ2v) is 4.33. The van der Waals surface area contributed by atoms with Gasteiger partial charge in [-0.15, -0.1) is 0 Å². The summed E-state index contributed by atoms with van der Waals surface area (Å²) < 4.78 is 5.29. The molecule has 0 aliphatic carbocycles. The number of nitro groups is 1. The summed E-state index contributed by atoms with van der Waals surface area (Å²) in [5, 5.41) is 19.5. The van der Waals surface area contributed by atoms with Gasteiger partial charge in [0.25, 0.3) is 0 Å². The van der Waals surface area contributed by atoms with E-state index < -0.39 is 10.5 Å². The van der Waals surface area contributed by atoms with Crippen LogP contribution in [0.3, 0.4) is 0 Å². The maximum Gasteiger partial charge on any atom is 0.312 e. The summed E-state index contributed by atoms with van der Waals surface area (Å²) in [6.07, 6.45) is 0. The van der Waals surface area contributed by atoms with E-state index in [4.69, 9.17) is 15.7 Å². The third-order valence-corrected chi connectivity index (χ3v) is 1.88. The van der Waals surface area contributed by atoms with Gasteiger partial charge in [-0.25, -0.2) is 0 Å². The van der Waals surface area contributed by atoms with Crippen molar-refractivity contribution in [2.45, 2.75) is 19.4 Å². The molecular formula is C11H13N3O3. The molecule has 0 aliphatic heterocycles. The summed E-state index contributed by atoms with van der Waals surface area (Å²) in [6, 6.07) is 5.89. The van der Waals surface area contributed by atoms with Gasteiger partial charge in [-0.3, -0.25) is 10.1 Å². The lowest BCUT2D eigenvalue weighted by molar-refractivity contribution is -0.385. The molecular weight excluding hydrogens is 222 g/mol. The molecule has 0 fully saturated rings. The molecule has 0 unspecified atom stereocenters. The van der Waals surface area contributed by atoms with Crippen LogP contribution < -0.4 is 10.5 Å². The van der Waals surface area contributed by atoms with Crippen molar-refractivity contribution in [3.05, 3.63) is 33.9 Å². The van der Waals surface area contributed by atoms with Gasteiger partial charge < -0.3 is 10.5 Å². The average molecular weight is 235 g/mol. The van der Waals surface area contributed by atoms with Crippen molar-refractivity contribution in [2.75, 3.05) is 6.61 Å². The molecule has 1 rings (SSSR count). The summed E-state index contributed by atoms with van der Waals surface area (Å²) in [7, 11) is 0. The lowest BCUT2D eigenvalue weighted by atomic mass is 10.1. The van der Waals surface area contributed by atoms with Gasteiger partial charge >= 0.3 is 5.69 Å². The number of hydrogen-bond donors (Lipinski definition) is 1. The molecule has 90 valence electrons. The number of rotatable bonds is 4. The Morgan fingerprint density at radius 2 is 2.24 bits per heavy atom. The van der Waals surface area contributed by atoms with E-state index in [0.717, 1.165) is 0 Å². The molecule has 1 aromatic rings. The highest BCUT2D eigenvalue weighted by Gasteiger charge is 2.19. The van der Waals surface area contributed by atoms with Crippen LogP contribution in [-0.4, -0.2) is 17.1 Å². The minimum atomic E-state index is -0.584. The fourth-order valence-corrected chi connectivity index (χ4v) is 1.12. The molecule has 0 aliphatic rings. The van der Waals surface area contributed by atoms with Crippen molar-refractivity contribution >= 4 is 5.69 Å². The number of benzene rings is 1. The fraction of sp³-hybridized carbons (Fsp3) is 0.364. The Labute approximate surface area is 98.8 Å². The molecule has 0 saturated heterocycles. The smallest absolute Gasteiger partial charge is 0.312 e. The molecule has 2 N–H and O–H groups in total. The summed E-state index contributed by atoms with van der Waals surface area (Å²) >= 11 is 0. The quantitative estimate of drug-likeness (QED) is 0.630. The summed E-state index contributed by atoms with van der Waals surface area (Å²) in [5.74, 6) is 0.118. The van der Waals surface area contributed by atoms with Gasteiger partial charge in [0.05, 0.1) is 16.6 Å². The Morgan fingerprint density at radius 3 is 2.71 bits per heavy atom. The van der Waals surface area contributed by atoms with Crippen molar-refractivity contribution in [3.8, 4) is 11.8 Å². The predicted molar refractivity (Wildman–Crippen MR) is 61.6 cm³/mol. The van der Waals surface area contributed by atoms with Crippen LogP contribution in [0.2, 0.25) is 0 Å². The van der Waals surface area contributed by atoms with Gasteiger partial charge in [0, 0.05) is 11.6 Å². The van der Waals surface area contributed by atoms with Gasteiger partial charge in [-0.2, -0.15) is 5.26 Å². The Balaban J connectivity index is 3.00. The first-order chi connectivity index (χ1) is 7.83. The molecule has 0 bridgehead atoms. The first-order valence-corrected chi connectivity index (χ1v) is 4.94. The standard InChI is InChI=1S/C11H13N3O3/c1-11(2,13)7-17-10-4-3-8(6-12)5-9(10)14(15)16/h3-5H,7,13H2,1-2H3. The third-order valence-electron chi connectivity index (χ3n) is 1.88. The van der Waals surface area contributed by atoms with Gasteiger partial charge in [-0.1, -0.05) is 0 Å². The Bertz CT molecular complexity index is 472. The fourth-order valence-electron chi connectivity index (χ4n) is 1.12. The SMILES string of the molecule is CC(C)(N)COc1ccc(C#N)cc1[N+](=O)[O-]. The van der Waals surface area contributed by atoms with Gasteiger partial charge in [0.2, 0.25) is 0 Å². The van der Waals surface area contributed by atoms with Gasteiger partial charge in [0.1, 0.15) is 6.61 Å². The minimum absolute atomic E-state index is 0.118. The van der Waals surface area contributed by atoms with Crippen LogP contribution in [-0.2, 0) is 0 Å². The minimum Gasteiger partial charge on any atom is -0.485 e. The van der Waals surface area contributed by atoms with E-state index in [9.17, 15) is 10.1 Å². The number of ether oxygens (including phenoxy) is 1. The molecule has 6 heteroatoms. The monoisotopic (exact) mass is 235 g/mol. The van der Waals surface area contributed by atoms with Crippen LogP contribution in [0.4, 0.5) is 5.69 Å². The molecule has 6 nitrogen and oxygen atoms in total. The first kappa shape index (κ1) is 12.9. The largest absolute Gasteiger partial charge is 0.485 e. The summed E-state index contributed by atoms with van der Waals surface area (Å²) in [6.45, 7) is 3.66. The molecule has 0 amide bonds. The van der Waals surface area contributed by atoms with E-state index in [1.807, 2.05) is 6.07 Å². The number of hydrogen-bond acceptors (Lipinski definition) is 5. The lowest BCUT2D eigenvalue weighted by Gasteiger charge is -2.18. The summed E-state index contributed by atoms with van der Waals surface area (Å²) in [4.78, 5) is 10.2. The maximum absolute atomic E-state index is 10.8. The van der Waals surface area contributed by atoms with Crippen LogP contribution in [0.25, 0.3) is 0 Å². The van der Waals surface area contributed by atoms with Gasteiger partial charge in [-0.05, 0) is 26.0 Å². The Hall–Kier alpha value is -2.13. The zero-order chi connectivity index (χ0) is 13.1. The molecule has 0 heterocycles. The third kappa shape index (κ3) is 3.74. The van der Waals surface area contributed by atoms with Crippen LogP contribution in [0.15, 0.2) is 18.2 Å². The van der Waals surface area contributed by atoms with Crippen LogP contribution >= 0.6 is 0 Å². The molecule has 17 heavy (non-hydrogen) atoms.